The molecule has 1 aromatic carbocycles. The van der Waals surface area contributed by atoms with Crippen LogP contribution in [0.3, 0.4) is 0 Å². The molecule has 3 rings (SSSR count). The number of hydrogen-bond acceptors (Lipinski definition) is 3. The van der Waals surface area contributed by atoms with Gasteiger partial charge in [0.05, 0.1) is 0 Å². The molecule has 0 bridgehead atoms. The number of rotatable bonds is 6. The number of ether oxygens (including phenoxy) is 1. The van der Waals surface area contributed by atoms with E-state index in [9.17, 15) is 4.79 Å². The van der Waals surface area contributed by atoms with E-state index in [1.165, 1.54) is 32.1 Å². The van der Waals surface area contributed by atoms with Gasteiger partial charge < -0.3 is 10.1 Å². The Morgan fingerprint density at radius 2 is 2.00 bits per heavy atom. The maximum absolute atomic E-state index is 12.1. The molecule has 1 fully saturated rings. The maximum atomic E-state index is 12.1. The molecule has 4 heteroatoms. The molecule has 1 aliphatic rings. The minimum Gasteiger partial charge on any atom is -0.439 e. The van der Waals surface area contributed by atoms with Crippen LogP contribution in [0.15, 0.2) is 48.7 Å². The minimum absolute atomic E-state index is 0.151. The van der Waals surface area contributed by atoms with E-state index < -0.39 is 0 Å². The molecule has 0 saturated heterocycles. The number of pyridine rings is 1. The molecule has 0 unspecified atom stereocenters. The van der Waals surface area contributed by atoms with Crippen LogP contribution in [0.2, 0.25) is 0 Å². The Morgan fingerprint density at radius 3 is 2.79 bits per heavy atom. The van der Waals surface area contributed by atoms with Crippen LogP contribution < -0.4 is 10.1 Å². The molecule has 0 atom stereocenters. The molecular weight excluding hydrogens is 300 g/mol. The summed E-state index contributed by atoms with van der Waals surface area (Å²) in [7, 11) is 0. The van der Waals surface area contributed by atoms with Gasteiger partial charge in [0.15, 0.2) is 0 Å². The first-order chi connectivity index (χ1) is 11.8. The summed E-state index contributed by atoms with van der Waals surface area (Å²) in [5, 5.41) is 3.03. The fourth-order valence-electron chi connectivity index (χ4n) is 3.17. The SMILES string of the molecule is O=C(CC1CCCCC1)NCc1cccc(Oc2ccccn2)c1. The number of amides is 1. The number of nitrogens with zero attached hydrogens (tertiary/aromatic N) is 1. The Bertz CT molecular complexity index is 652. The van der Waals surface area contributed by atoms with E-state index in [-0.39, 0.29) is 5.91 Å². The van der Waals surface area contributed by atoms with Gasteiger partial charge in [-0.25, -0.2) is 4.98 Å². The van der Waals surface area contributed by atoms with Crippen molar-refractivity contribution in [3.63, 3.8) is 0 Å². The molecule has 0 spiro atoms. The highest BCUT2D eigenvalue weighted by Crippen LogP contribution is 2.26. The number of hydrogen-bond donors (Lipinski definition) is 1. The summed E-state index contributed by atoms with van der Waals surface area (Å²) >= 11 is 0. The second-order valence-electron chi connectivity index (χ2n) is 6.40. The lowest BCUT2D eigenvalue weighted by Gasteiger charge is -2.20. The van der Waals surface area contributed by atoms with Gasteiger partial charge in [-0.2, -0.15) is 0 Å². The van der Waals surface area contributed by atoms with Crippen LogP contribution in [0.5, 0.6) is 11.6 Å². The fourth-order valence-corrected chi connectivity index (χ4v) is 3.17. The second kappa shape index (κ2) is 8.48. The van der Waals surface area contributed by atoms with E-state index in [2.05, 4.69) is 10.3 Å². The smallest absolute Gasteiger partial charge is 0.220 e. The van der Waals surface area contributed by atoms with E-state index in [1.807, 2.05) is 42.5 Å². The largest absolute Gasteiger partial charge is 0.439 e. The van der Waals surface area contributed by atoms with Crippen LogP contribution in [-0.2, 0) is 11.3 Å². The summed E-state index contributed by atoms with van der Waals surface area (Å²) in [5.74, 6) is 2.01. The van der Waals surface area contributed by atoms with Crippen LogP contribution >= 0.6 is 0 Å². The molecule has 24 heavy (non-hydrogen) atoms. The summed E-state index contributed by atoms with van der Waals surface area (Å²) < 4.78 is 5.72. The number of carbonyl (C=O) groups excluding carboxylic acids is 1. The van der Waals surface area contributed by atoms with Gasteiger partial charge in [0, 0.05) is 25.2 Å². The van der Waals surface area contributed by atoms with Crippen LogP contribution in [0.4, 0.5) is 0 Å². The molecular formula is C20H24N2O2. The predicted octanol–water partition coefficient (Wildman–Crippen LogP) is 4.46. The molecule has 1 heterocycles. The molecule has 1 saturated carbocycles. The van der Waals surface area contributed by atoms with Gasteiger partial charge in [-0.1, -0.05) is 37.5 Å². The highest BCUT2D eigenvalue weighted by molar-refractivity contribution is 5.76. The third-order valence-corrected chi connectivity index (χ3v) is 4.45. The molecule has 0 radical (unpaired) electrons. The second-order valence-corrected chi connectivity index (χ2v) is 6.40. The van der Waals surface area contributed by atoms with E-state index in [1.54, 1.807) is 6.20 Å². The van der Waals surface area contributed by atoms with Crippen molar-refractivity contribution in [3.05, 3.63) is 54.2 Å². The maximum Gasteiger partial charge on any atom is 0.220 e. The first-order valence-electron chi connectivity index (χ1n) is 8.74. The Kier molecular flexibility index (Phi) is 5.83. The molecule has 1 aliphatic carbocycles. The number of carbonyl (C=O) groups is 1. The number of nitrogens with one attached hydrogen (secondary N) is 1. The first-order valence-corrected chi connectivity index (χ1v) is 8.74. The summed E-state index contributed by atoms with van der Waals surface area (Å²) in [5.41, 5.74) is 1.03. The lowest BCUT2D eigenvalue weighted by atomic mass is 9.87. The van der Waals surface area contributed by atoms with Crippen LogP contribution in [0.1, 0.15) is 44.1 Å². The number of benzene rings is 1. The van der Waals surface area contributed by atoms with E-state index >= 15 is 0 Å². The molecule has 2 aromatic rings. The van der Waals surface area contributed by atoms with Crippen LogP contribution in [-0.4, -0.2) is 10.9 Å². The normalized spacial score (nSPS) is 15.0. The Balaban J connectivity index is 1.50. The van der Waals surface area contributed by atoms with Crippen LogP contribution in [0.25, 0.3) is 0 Å². The van der Waals surface area contributed by atoms with Crippen molar-refractivity contribution >= 4 is 5.91 Å². The highest BCUT2D eigenvalue weighted by Gasteiger charge is 2.16. The van der Waals surface area contributed by atoms with Gasteiger partial charge in [0.25, 0.3) is 0 Å². The van der Waals surface area contributed by atoms with Gasteiger partial charge in [0.2, 0.25) is 11.8 Å². The van der Waals surface area contributed by atoms with Crippen molar-refractivity contribution in [1.29, 1.82) is 0 Å². The minimum atomic E-state index is 0.151. The quantitative estimate of drug-likeness (QED) is 0.853. The summed E-state index contributed by atoms with van der Waals surface area (Å²) in [6.07, 6.45) is 8.60. The Hall–Kier alpha value is -2.36. The van der Waals surface area contributed by atoms with Gasteiger partial charge in [0.1, 0.15) is 5.75 Å². The monoisotopic (exact) mass is 324 g/mol. The zero-order valence-electron chi connectivity index (χ0n) is 13.9. The Morgan fingerprint density at radius 1 is 1.12 bits per heavy atom. The third-order valence-electron chi connectivity index (χ3n) is 4.45. The van der Waals surface area contributed by atoms with Crippen molar-refractivity contribution in [2.45, 2.75) is 45.1 Å². The van der Waals surface area contributed by atoms with Gasteiger partial charge in [-0.05, 0) is 42.5 Å². The zero-order valence-corrected chi connectivity index (χ0v) is 13.9. The molecule has 126 valence electrons. The van der Waals surface area contributed by atoms with Crippen molar-refractivity contribution in [2.75, 3.05) is 0 Å². The lowest BCUT2D eigenvalue weighted by molar-refractivity contribution is -0.122. The van der Waals surface area contributed by atoms with Crippen molar-refractivity contribution in [2.24, 2.45) is 5.92 Å². The highest BCUT2D eigenvalue weighted by atomic mass is 16.5. The summed E-state index contributed by atoms with van der Waals surface area (Å²) in [6.45, 7) is 0.533. The molecule has 4 nitrogen and oxygen atoms in total. The standard InChI is InChI=1S/C20H24N2O2/c23-19(14-16-7-2-1-3-8-16)22-15-17-9-6-10-18(13-17)24-20-11-4-5-12-21-20/h4-6,9-13,16H,1-3,7-8,14-15H2,(H,22,23). The lowest BCUT2D eigenvalue weighted by Crippen LogP contribution is -2.25. The summed E-state index contributed by atoms with van der Waals surface area (Å²) in [4.78, 5) is 16.3. The van der Waals surface area contributed by atoms with Gasteiger partial charge in [-0.3, -0.25) is 4.79 Å². The van der Waals surface area contributed by atoms with Gasteiger partial charge in [-0.15, -0.1) is 0 Å². The summed E-state index contributed by atoms with van der Waals surface area (Å²) in [6, 6.07) is 13.3. The first kappa shape index (κ1) is 16.5. The Labute approximate surface area is 143 Å². The molecule has 0 aliphatic heterocycles. The topological polar surface area (TPSA) is 51.2 Å². The third kappa shape index (κ3) is 5.08. The number of aromatic nitrogens is 1. The fraction of sp³-hybridized carbons (Fsp3) is 0.400. The van der Waals surface area contributed by atoms with Crippen molar-refractivity contribution in [1.82, 2.24) is 10.3 Å². The predicted molar refractivity (Wildman–Crippen MR) is 93.8 cm³/mol. The molecule has 1 amide bonds. The molecule has 1 aromatic heterocycles. The van der Waals surface area contributed by atoms with Crippen molar-refractivity contribution in [3.8, 4) is 11.6 Å². The van der Waals surface area contributed by atoms with E-state index in [0.717, 1.165) is 11.3 Å². The van der Waals surface area contributed by atoms with Crippen LogP contribution in [0, 0.1) is 5.92 Å². The van der Waals surface area contributed by atoms with Crippen molar-refractivity contribution < 1.29 is 9.53 Å². The van der Waals surface area contributed by atoms with E-state index in [0.29, 0.717) is 24.8 Å². The average molecular weight is 324 g/mol. The van der Waals surface area contributed by atoms with Gasteiger partial charge >= 0.3 is 0 Å². The van der Waals surface area contributed by atoms with E-state index in [4.69, 9.17) is 4.74 Å². The molecule has 1 N–H and O–H groups in total. The zero-order chi connectivity index (χ0) is 16.6. The average Bonchev–Trinajstić information content (AvgIpc) is 2.62.